The van der Waals surface area contributed by atoms with Crippen molar-refractivity contribution in [1.29, 1.82) is 5.41 Å². The van der Waals surface area contributed by atoms with Crippen molar-refractivity contribution in [3.05, 3.63) is 71.7 Å². The van der Waals surface area contributed by atoms with E-state index in [0.29, 0.717) is 33.9 Å². The Labute approximate surface area is 253 Å². The van der Waals surface area contributed by atoms with Gasteiger partial charge in [0, 0.05) is 48.0 Å². The van der Waals surface area contributed by atoms with Gasteiger partial charge in [-0.2, -0.15) is 0 Å². The molecule has 0 bridgehead atoms. The van der Waals surface area contributed by atoms with Crippen LogP contribution >= 0.6 is 0 Å². The predicted octanol–water partition coefficient (Wildman–Crippen LogP) is 6.60. The monoisotopic (exact) mass is 608 g/mol. The molecule has 232 valence electrons. The van der Waals surface area contributed by atoms with Gasteiger partial charge in [0.05, 0.1) is 37.8 Å². The van der Waals surface area contributed by atoms with Gasteiger partial charge < -0.3 is 24.9 Å². The van der Waals surface area contributed by atoms with Crippen LogP contribution in [0.25, 0.3) is 5.57 Å². The molecule has 0 aliphatic carbocycles. The van der Waals surface area contributed by atoms with E-state index in [0.717, 1.165) is 11.0 Å². The largest absolute Gasteiger partial charge is 0.493 e. The summed E-state index contributed by atoms with van der Waals surface area (Å²) in [5.74, 6) is -2.78. The first-order valence-electron chi connectivity index (χ1n) is 13.5. The van der Waals surface area contributed by atoms with E-state index < -0.39 is 35.0 Å². The average molecular weight is 609 g/mol. The highest BCUT2D eigenvalue weighted by molar-refractivity contribution is 6.21. The van der Waals surface area contributed by atoms with Crippen molar-refractivity contribution in [3.63, 3.8) is 0 Å². The molecular weight excluding hydrogens is 574 g/mol. The number of ether oxygens (including phenoxy) is 3. The number of pyridine rings is 1. The molecule has 0 fully saturated rings. The van der Waals surface area contributed by atoms with Crippen LogP contribution in [0.3, 0.4) is 0 Å². The number of urea groups is 1. The minimum Gasteiger partial charge on any atom is -0.493 e. The highest BCUT2D eigenvalue weighted by Crippen LogP contribution is 2.43. The Morgan fingerprint density at radius 2 is 1.68 bits per heavy atom. The Hall–Kier alpha value is -5.20. The highest BCUT2D eigenvalue weighted by atomic mass is 19.1. The van der Waals surface area contributed by atoms with E-state index in [9.17, 15) is 9.59 Å². The van der Waals surface area contributed by atoms with Gasteiger partial charge in [-0.3, -0.25) is 20.1 Å². The third kappa shape index (κ3) is 6.41. The lowest BCUT2D eigenvalue weighted by molar-refractivity contribution is 0.0636. The van der Waals surface area contributed by atoms with E-state index in [1.165, 1.54) is 25.3 Å². The van der Waals surface area contributed by atoms with Gasteiger partial charge in [0.15, 0.2) is 23.1 Å². The van der Waals surface area contributed by atoms with E-state index in [4.69, 9.17) is 19.6 Å². The summed E-state index contributed by atoms with van der Waals surface area (Å²) in [7, 11) is 4.13. The van der Waals surface area contributed by atoms with Crippen LogP contribution in [0.5, 0.6) is 11.5 Å². The Kier molecular flexibility index (Phi) is 9.07. The van der Waals surface area contributed by atoms with Crippen LogP contribution < -0.4 is 29.9 Å². The van der Waals surface area contributed by atoms with E-state index in [1.807, 2.05) is 0 Å². The number of methoxy groups -OCH3 is 2. The highest BCUT2D eigenvalue weighted by Gasteiger charge is 2.38. The summed E-state index contributed by atoms with van der Waals surface area (Å²) in [5.41, 5.74) is 1.35. The summed E-state index contributed by atoms with van der Waals surface area (Å²) in [6, 6.07) is 8.20. The van der Waals surface area contributed by atoms with Crippen LogP contribution in [0.15, 0.2) is 48.8 Å². The van der Waals surface area contributed by atoms with Crippen molar-refractivity contribution in [2.75, 3.05) is 36.4 Å². The van der Waals surface area contributed by atoms with E-state index in [-0.39, 0.29) is 23.8 Å². The minimum absolute atomic E-state index is 0.227. The van der Waals surface area contributed by atoms with Gasteiger partial charge in [0.25, 0.3) is 0 Å². The number of rotatable bonds is 8. The van der Waals surface area contributed by atoms with Crippen molar-refractivity contribution in [2.24, 2.45) is 0 Å². The number of benzene rings is 2. The predicted molar refractivity (Wildman–Crippen MR) is 164 cm³/mol. The van der Waals surface area contributed by atoms with E-state index in [2.05, 4.69) is 15.6 Å². The zero-order valence-electron chi connectivity index (χ0n) is 25.5. The molecule has 3 N–H and O–H groups in total. The van der Waals surface area contributed by atoms with Crippen LogP contribution in [0, 0.1) is 17.0 Å². The quantitative estimate of drug-likeness (QED) is 0.246. The first kappa shape index (κ1) is 31.7. The molecule has 0 spiro atoms. The zero-order valence-corrected chi connectivity index (χ0v) is 25.5. The molecule has 11 nitrogen and oxygen atoms in total. The summed E-state index contributed by atoms with van der Waals surface area (Å²) in [5, 5.41) is 13.7. The fourth-order valence-corrected chi connectivity index (χ4v) is 4.58. The number of amides is 3. The average Bonchev–Trinajstić information content (AvgIpc) is 2.95. The van der Waals surface area contributed by atoms with Crippen LogP contribution in [-0.4, -0.2) is 49.7 Å². The molecule has 2 heterocycles. The number of allylic oxidation sites excluding steroid dienone is 1. The molecule has 2 aromatic carbocycles. The molecule has 4 rings (SSSR count). The van der Waals surface area contributed by atoms with Gasteiger partial charge in [0.1, 0.15) is 11.3 Å². The zero-order chi connectivity index (χ0) is 32.3. The van der Waals surface area contributed by atoms with Crippen molar-refractivity contribution in [2.45, 2.75) is 39.8 Å². The molecule has 3 aromatic rings. The van der Waals surface area contributed by atoms with Gasteiger partial charge in [-0.05, 0) is 58.0 Å². The molecule has 0 radical (unpaired) electrons. The SMILES string of the molecule is CN/C=C(\C(C)=N)c1cc2c(cn1)CN(c1c(F)c(OC)cc(OC)c1F)C(=O)N2c1ccc(NC(=O)OC(C)(C)C)cc1. The number of hydrogen-bond donors (Lipinski definition) is 3. The number of carbonyl (C=O) groups excluding carboxylic acids is 2. The number of fused-ring (bicyclic) bond motifs is 1. The van der Waals surface area contributed by atoms with Crippen LogP contribution in [-0.2, 0) is 11.3 Å². The molecule has 44 heavy (non-hydrogen) atoms. The van der Waals surface area contributed by atoms with Crippen molar-refractivity contribution < 1.29 is 32.6 Å². The van der Waals surface area contributed by atoms with Crippen molar-refractivity contribution >= 4 is 46.2 Å². The lowest BCUT2D eigenvalue weighted by atomic mass is 10.0. The molecular formula is C31H34F2N6O5. The summed E-state index contributed by atoms with van der Waals surface area (Å²) in [6.07, 6.45) is 2.45. The van der Waals surface area contributed by atoms with Crippen molar-refractivity contribution in [1.82, 2.24) is 10.3 Å². The Morgan fingerprint density at radius 3 is 2.20 bits per heavy atom. The molecule has 1 aliphatic heterocycles. The number of nitrogens with one attached hydrogen (secondary N) is 3. The van der Waals surface area contributed by atoms with Crippen molar-refractivity contribution in [3.8, 4) is 11.5 Å². The second-order valence-corrected chi connectivity index (χ2v) is 10.8. The fourth-order valence-electron chi connectivity index (χ4n) is 4.58. The summed E-state index contributed by atoms with van der Waals surface area (Å²) in [4.78, 5) is 33.2. The van der Waals surface area contributed by atoms with Crippen LogP contribution in [0.1, 0.15) is 39.0 Å². The lowest BCUT2D eigenvalue weighted by Gasteiger charge is -2.37. The molecule has 1 aliphatic rings. The van der Waals surface area contributed by atoms with Gasteiger partial charge in [-0.25, -0.2) is 18.4 Å². The number of aromatic nitrogens is 1. The molecule has 0 unspecified atom stereocenters. The number of carbonyl (C=O) groups is 2. The first-order chi connectivity index (χ1) is 20.8. The number of halogens is 2. The Morgan fingerprint density at radius 1 is 1.07 bits per heavy atom. The second kappa shape index (κ2) is 12.6. The van der Waals surface area contributed by atoms with Crippen LogP contribution in [0.4, 0.5) is 41.1 Å². The topological polar surface area (TPSA) is 129 Å². The molecule has 3 amide bonds. The minimum atomic E-state index is -1.08. The van der Waals surface area contributed by atoms with E-state index in [1.54, 1.807) is 71.3 Å². The Bertz CT molecular complexity index is 1610. The maximum atomic E-state index is 15.6. The fraction of sp³-hybridized carbons (Fsp3) is 0.290. The lowest BCUT2D eigenvalue weighted by Crippen LogP contribution is -2.46. The third-order valence-electron chi connectivity index (χ3n) is 6.51. The normalized spacial score (nSPS) is 13.3. The molecule has 0 atom stereocenters. The van der Waals surface area contributed by atoms with Gasteiger partial charge in [-0.1, -0.05) is 0 Å². The molecule has 0 saturated heterocycles. The molecule has 1 aromatic heterocycles. The second-order valence-electron chi connectivity index (χ2n) is 10.8. The maximum absolute atomic E-state index is 15.6. The third-order valence-corrected chi connectivity index (χ3v) is 6.51. The van der Waals surface area contributed by atoms with Crippen LogP contribution in [0.2, 0.25) is 0 Å². The number of nitrogens with zero attached hydrogens (tertiary/aromatic N) is 3. The van der Waals surface area contributed by atoms with Gasteiger partial charge in [0.2, 0.25) is 0 Å². The number of anilines is 4. The summed E-state index contributed by atoms with van der Waals surface area (Å²) < 4.78 is 46.7. The first-order valence-corrected chi connectivity index (χ1v) is 13.5. The number of hydrogen-bond acceptors (Lipinski definition) is 8. The smallest absolute Gasteiger partial charge is 0.412 e. The summed E-state index contributed by atoms with van der Waals surface area (Å²) >= 11 is 0. The maximum Gasteiger partial charge on any atom is 0.412 e. The standard InChI is InChI=1S/C31H34F2N6O5/c1-17(34)21(15-35-5)22-12-23-18(14-36-22)16-38(28-26(32)24(42-6)13-25(43-7)27(28)33)30(41)39(23)20-10-8-19(9-11-20)37-29(40)44-31(2,3)4/h8-15,34-35H,16H2,1-7H3,(H,37,40)/b21-15+,34-17?. The van der Waals surface area contributed by atoms with E-state index >= 15 is 8.78 Å². The summed E-state index contributed by atoms with van der Waals surface area (Å²) in [6.45, 7) is 6.60. The van der Waals surface area contributed by atoms with Gasteiger partial charge in [-0.15, -0.1) is 0 Å². The Balaban J connectivity index is 1.86. The molecule has 0 saturated carbocycles. The molecule has 13 heteroatoms. The van der Waals surface area contributed by atoms with Gasteiger partial charge >= 0.3 is 12.1 Å².